The number of tetrazole rings is 1. The minimum atomic E-state index is -0.473. The second-order valence-corrected chi connectivity index (χ2v) is 5.42. The van der Waals surface area contributed by atoms with Gasteiger partial charge in [0.2, 0.25) is 5.82 Å². The number of amides is 1. The van der Waals surface area contributed by atoms with Gasteiger partial charge >= 0.3 is 0 Å². The fourth-order valence-electron chi connectivity index (χ4n) is 2.77. The lowest BCUT2D eigenvalue weighted by Gasteiger charge is -2.28. The molecule has 1 aromatic heterocycles. The van der Waals surface area contributed by atoms with Gasteiger partial charge in [-0.15, -0.1) is 10.2 Å². The molecule has 110 valence electrons. The molecule has 1 fully saturated rings. The maximum atomic E-state index is 12.4. The fourth-order valence-corrected chi connectivity index (χ4v) is 2.77. The molecule has 0 radical (unpaired) electrons. The van der Waals surface area contributed by atoms with Crippen molar-refractivity contribution < 1.29 is 9.90 Å². The predicted molar refractivity (Wildman–Crippen MR) is 75.4 cm³/mol. The second kappa shape index (κ2) is 5.61. The summed E-state index contributed by atoms with van der Waals surface area (Å²) in [4.78, 5) is 12.4. The van der Waals surface area contributed by atoms with Crippen LogP contribution in [0.5, 0.6) is 0 Å². The van der Waals surface area contributed by atoms with E-state index in [1.54, 1.807) is 18.2 Å². The van der Waals surface area contributed by atoms with Gasteiger partial charge in [-0.2, -0.15) is 5.21 Å². The SMILES string of the molecule is O=C(NC1(CO)CCCC1)c1cccc(-c2nn[nH]n2)c1. The molecule has 1 aromatic carbocycles. The maximum Gasteiger partial charge on any atom is 0.251 e. The van der Waals surface area contributed by atoms with Crippen molar-refractivity contribution in [2.24, 2.45) is 0 Å². The van der Waals surface area contributed by atoms with Gasteiger partial charge in [0.25, 0.3) is 5.91 Å². The summed E-state index contributed by atoms with van der Waals surface area (Å²) in [5, 5.41) is 26.2. The lowest BCUT2D eigenvalue weighted by molar-refractivity contribution is 0.0838. The monoisotopic (exact) mass is 287 g/mol. The van der Waals surface area contributed by atoms with Crippen molar-refractivity contribution in [2.75, 3.05) is 6.61 Å². The summed E-state index contributed by atoms with van der Waals surface area (Å²) >= 11 is 0. The number of nitrogens with zero attached hydrogens (tertiary/aromatic N) is 3. The predicted octanol–water partition coefficient (Wildman–Crippen LogP) is 0.902. The Bertz CT molecular complexity index is 620. The molecular weight excluding hydrogens is 270 g/mol. The topological polar surface area (TPSA) is 104 Å². The van der Waals surface area contributed by atoms with Crippen LogP contribution in [0, 0.1) is 0 Å². The Morgan fingerprint density at radius 2 is 2.19 bits per heavy atom. The van der Waals surface area contributed by atoms with Crippen LogP contribution in [-0.4, -0.2) is 43.8 Å². The Labute approximate surface area is 121 Å². The van der Waals surface area contributed by atoms with Crippen molar-refractivity contribution in [1.29, 1.82) is 0 Å². The van der Waals surface area contributed by atoms with Crippen molar-refractivity contribution in [3.8, 4) is 11.4 Å². The average Bonchev–Trinajstić information content (AvgIpc) is 3.19. The highest BCUT2D eigenvalue weighted by atomic mass is 16.3. The molecule has 21 heavy (non-hydrogen) atoms. The third-order valence-corrected chi connectivity index (χ3v) is 3.97. The van der Waals surface area contributed by atoms with E-state index in [0.29, 0.717) is 11.4 Å². The number of aromatic nitrogens is 4. The van der Waals surface area contributed by atoms with E-state index < -0.39 is 5.54 Å². The first-order chi connectivity index (χ1) is 10.2. The van der Waals surface area contributed by atoms with Gasteiger partial charge in [-0.1, -0.05) is 25.0 Å². The summed E-state index contributed by atoms with van der Waals surface area (Å²) in [5.74, 6) is 0.263. The number of nitrogens with one attached hydrogen (secondary N) is 2. The molecule has 1 aliphatic carbocycles. The Balaban J connectivity index is 1.80. The molecule has 1 aliphatic rings. The summed E-state index contributed by atoms with van der Waals surface area (Å²) in [6.07, 6.45) is 3.70. The minimum Gasteiger partial charge on any atom is -0.394 e. The highest BCUT2D eigenvalue weighted by molar-refractivity contribution is 5.95. The van der Waals surface area contributed by atoms with Crippen molar-refractivity contribution in [3.05, 3.63) is 29.8 Å². The van der Waals surface area contributed by atoms with E-state index in [0.717, 1.165) is 31.2 Å². The number of carbonyl (C=O) groups is 1. The van der Waals surface area contributed by atoms with Gasteiger partial charge in [0.05, 0.1) is 12.1 Å². The van der Waals surface area contributed by atoms with E-state index in [-0.39, 0.29) is 12.5 Å². The van der Waals surface area contributed by atoms with Crippen LogP contribution < -0.4 is 5.32 Å². The van der Waals surface area contributed by atoms with Crippen LogP contribution in [0.2, 0.25) is 0 Å². The molecule has 3 N–H and O–H groups in total. The van der Waals surface area contributed by atoms with Gasteiger partial charge in [-0.05, 0) is 30.2 Å². The Kier molecular flexibility index (Phi) is 3.66. The third kappa shape index (κ3) is 2.78. The molecule has 7 heteroatoms. The fraction of sp³-hybridized carbons (Fsp3) is 0.429. The molecular formula is C14H17N5O2. The van der Waals surface area contributed by atoms with Gasteiger partial charge in [0, 0.05) is 11.1 Å². The quantitative estimate of drug-likeness (QED) is 0.775. The second-order valence-electron chi connectivity index (χ2n) is 5.42. The van der Waals surface area contributed by atoms with Gasteiger partial charge in [0.1, 0.15) is 0 Å². The van der Waals surface area contributed by atoms with Crippen LogP contribution in [0.15, 0.2) is 24.3 Å². The van der Waals surface area contributed by atoms with Gasteiger partial charge < -0.3 is 10.4 Å². The highest BCUT2D eigenvalue weighted by Gasteiger charge is 2.34. The van der Waals surface area contributed by atoms with Crippen LogP contribution in [0.4, 0.5) is 0 Å². The largest absolute Gasteiger partial charge is 0.394 e. The number of aromatic amines is 1. The zero-order valence-electron chi connectivity index (χ0n) is 11.5. The summed E-state index contributed by atoms with van der Waals surface area (Å²) < 4.78 is 0. The smallest absolute Gasteiger partial charge is 0.251 e. The molecule has 7 nitrogen and oxygen atoms in total. The molecule has 1 saturated carbocycles. The number of hydrogen-bond acceptors (Lipinski definition) is 5. The number of benzene rings is 1. The molecule has 1 heterocycles. The molecule has 0 atom stereocenters. The first kappa shape index (κ1) is 13.7. The van der Waals surface area contributed by atoms with Gasteiger partial charge in [0.15, 0.2) is 0 Å². The maximum absolute atomic E-state index is 12.4. The summed E-state index contributed by atoms with van der Waals surface area (Å²) in [6, 6.07) is 7.05. The Morgan fingerprint density at radius 3 is 2.86 bits per heavy atom. The molecule has 3 rings (SSSR count). The molecule has 0 spiro atoms. The molecule has 0 saturated heterocycles. The number of hydrogen-bond donors (Lipinski definition) is 3. The molecule has 0 bridgehead atoms. The van der Waals surface area contributed by atoms with E-state index in [4.69, 9.17) is 0 Å². The number of rotatable bonds is 4. The average molecular weight is 287 g/mol. The van der Waals surface area contributed by atoms with Crippen molar-refractivity contribution >= 4 is 5.91 Å². The lowest BCUT2D eigenvalue weighted by Crippen LogP contribution is -2.49. The summed E-state index contributed by atoms with van der Waals surface area (Å²) in [6.45, 7) is -0.0245. The molecule has 2 aromatic rings. The van der Waals surface area contributed by atoms with Crippen molar-refractivity contribution in [2.45, 2.75) is 31.2 Å². The van der Waals surface area contributed by atoms with Crippen LogP contribution in [-0.2, 0) is 0 Å². The minimum absolute atomic E-state index is 0.0245. The lowest BCUT2D eigenvalue weighted by atomic mass is 9.98. The standard InChI is InChI=1S/C14H17N5O2/c20-9-14(6-1-2-7-14)15-13(21)11-5-3-4-10(8-11)12-16-18-19-17-12/h3-5,8,20H,1-2,6-7,9H2,(H,15,21)(H,16,17,18,19). The van der Waals surface area contributed by atoms with E-state index in [9.17, 15) is 9.90 Å². The Morgan fingerprint density at radius 1 is 1.38 bits per heavy atom. The number of aliphatic hydroxyl groups excluding tert-OH is 1. The van der Waals surface area contributed by atoms with Crippen molar-refractivity contribution in [3.63, 3.8) is 0 Å². The van der Waals surface area contributed by atoms with Crippen LogP contribution >= 0.6 is 0 Å². The van der Waals surface area contributed by atoms with Gasteiger partial charge in [-0.3, -0.25) is 4.79 Å². The first-order valence-corrected chi connectivity index (χ1v) is 7.00. The van der Waals surface area contributed by atoms with E-state index in [2.05, 4.69) is 25.9 Å². The van der Waals surface area contributed by atoms with E-state index >= 15 is 0 Å². The third-order valence-electron chi connectivity index (χ3n) is 3.97. The van der Waals surface area contributed by atoms with Crippen molar-refractivity contribution in [1.82, 2.24) is 25.9 Å². The van der Waals surface area contributed by atoms with E-state index in [1.165, 1.54) is 0 Å². The van der Waals surface area contributed by atoms with Gasteiger partial charge in [-0.25, -0.2) is 0 Å². The highest BCUT2D eigenvalue weighted by Crippen LogP contribution is 2.29. The molecule has 0 aliphatic heterocycles. The Hall–Kier alpha value is -2.28. The summed E-state index contributed by atoms with van der Waals surface area (Å²) in [7, 11) is 0. The number of aliphatic hydroxyl groups is 1. The van der Waals surface area contributed by atoms with Crippen LogP contribution in [0.25, 0.3) is 11.4 Å². The normalized spacial score (nSPS) is 16.8. The number of carbonyl (C=O) groups excluding carboxylic acids is 1. The summed E-state index contributed by atoms with van der Waals surface area (Å²) in [5.41, 5.74) is 0.775. The molecule has 1 amide bonds. The first-order valence-electron chi connectivity index (χ1n) is 7.00. The number of H-pyrrole nitrogens is 1. The zero-order valence-corrected chi connectivity index (χ0v) is 11.5. The van der Waals surface area contributed by atoms with Crippen LogP contribution in [0.3, 0.4) is 0 Å². The zero-order chi connectivity index (χ0) is 14.7. The molecule has 0 unspecified atom stereocenters. The van der Waals surface area contributed by atoms with E-state index in [1.807, 2.05) is 6.07 Å². The van der Waals surface area contributed by atoms with Crippen LogP contribution in [0.1, 0.15) is 36.0 Å².